The van der Waals surface area contributed by atoms with Crippen molar-refractivity contribution in [1.82, 2.24) is 4.90 Å². The van der Waals surface area contributed by atoms with Gasteiger partial charge in [-0.25, -0.2) is 4.39 Å². The van der Waals surface area contributed by atoms with Crippen molar-refractivity contribution in [2.45, 2.75) is 37.7 Å². The zero-order chi connectivity index (χ0) is 14.3. The lowest BCUT2D eigenvalue weighted by atomic mass is 9.73. The molecule has 1 spiro atoms. The number of carbonyl (C=O) groups is 1. The highest BCUT2D eigenvalue weighted by molar-refractivity contribution is 5.73. The summed E-state index contributed by atoms with van der Waals surface area (Å²) in [5.74, 6) is -0.0607. The summed E-state index contributed by atoms with van der Waals surface area (Å²) in [4.78, 5) is 13.3. The summed E-state index contributed by atoms with van der Waals surface area (Å²) in [6.07, 6.45) is 2.73. The van der Waals surface area contributed by atoms with E-state index in [1.165, 1.54) is 6.07 Å². The predicted octanol–water partition coefficient (Wildman–Crippen LogP) is 2.80. The topological polar surface area (TPSA) is 29.5 Å². The summed E-state index contributed by atoms with van der Waals surface area (Å²) in [6.45, 7) is 3.11. The molecule has 1 atom stereocenters. The fourth-order valence-electron chi connectivity index (χ4n) is 3.78. The van der Waals surface area contributed by atoms with Crippen LogP contribution < -0.4 is 0 Å². The number of methoxy groups -OCH3 is 1. The quantitative estimate of drug-likeness (QED) is 0.790. The van der Waals surface area contributed by atoms with Gasteiger partial charge >= 0.3 is 0 Å². The average molecular weight is 277 g/mol. The Balaban J connectivity index is 1.93. The molecule has 0 N–H and O–H groups in total. The van der Waals surface area contributed by atoms with Gasteiger partial charge in [-0.3, -0.25) is 4.79 Å². The first-order valence-electron chi connectivity index (χ1n) is 7.14. The molecule has 1 unspecified atom stereocenters. The number of fused-ring (bicyclic) bond motifs is 2. The van der Waals surface area contributed by atoms with E-state index < -0.39 is 0 Å². The van der Waals surface area contributed by atoms with Crippen LogP contribution in [0.3, 0.4) is 0 Å². The van der Waals surface area contributed by atoms with Crippen LogP contribution in [0.15, 0.2) is 18.2 Å². The van der Waals surface area contributed by atoms with Gasteiger partial charge in [-0.15, -0.1) is 0 Å². The van der Waals surface area contributed by atoms with Crippen LogP contribution >= 0.6 is 0 Å². The Hall–Kier alpha value is -1.42. The number of hydrogen-bond donors (Lipinski definition) is 0. The summed E-state index contributed by atoms with van der Waals surface area (Å²) in [7, 11) is 1.71. The van der Waals surface area contributed by atoms with Gasteiger partial charge in [0.1, 0.15) is 5.82 Å². The number of halogens is 1. The number of likely N-dealkylation sites (tertiary alicyclic amines) is 1. The Morgan fingerprint density at radius 3 is 2.70 bits per heavy atom. The van der Waals surface area contributed by atoms with Crippen LogP contribution in [0.1, 0.15) is 43.4 Å². The van der Waals surface area contributed by atoms with Crippen molar-refractivity contribution in [2.24, 2.45) is 0 Å². The molecular weight excluding hydrogens is 257 g/mol. The molecule has 4 heteroatoms. The SMILES string of the molecule is COC1CC2(CCN(C(C)=O)CC2)c2cc(F)ccc21. The van der Waals surface area contributed by atoms with E-state index in [0.717, 1.165) is 43.5 Å². The van der Waals surface area contributed by atoms with Crippen LogP contribution in [0.25, 0.3) is 0 Å². The number of piperidine rings is 1. The van der Waals surface area contributed by atoms with E-state index in [-0.39, 0.29) is 23.2 Å². The van der Waals surface area contributed by atoms with E-state index >= 15 is 0 Å². The molecule has 0 radical (unpaired) electrons. The molecule has 1 fully saturated rings. The smallest absolute Gasteiger partial charge is 0.219 e. The minimum atomic E-state index is -0.186. The molecular formula is C16H20FNO2. The molecule has 1 heterocycles. The molecule has 1 aromatic carbocycles. The molecule has 2 aliphatic rings. The average Bonchev–Trinajstić information content (AvgIpc) is 2.73. The highest BCUT2D eigenvalue weighted by Gasteiger charge is 2.46. The molecule has 0 saturated carbocycles. The van der Waals surface area contributed by atoms with Gasteiger partial charge in [0.25, 0.3) is 0 Å². The van der Waals surface area contributed by atoms with Gasteiger partial charge in [-0.1, -0.05) is 6.07 Å². The van der Waals surface area contributed by atoms with Crippen LogP contribution in [0.2, 0.25) is 0 Å². The molecule has 1 aliphatic heterocycles. The molecule has 1 aromatic rings. The fraction of sp³-hybridized carbons (Fsp3) is 0.562. The van der Waals surface area contributed by atoms with Crippen molar-refractivity contribution < 1.29 is 13.9 Å². The Kier molecular flexibility index (Phi) is 3.28. The molecule has 1 saturated heterocycles. The van der Waals surface area contributed by atoms with E-state index in [0.29, 0.717) is 0 Å². The maximum atomic E-state index is 13.6. The van der Waals surface area contributed by atoms with Crippen LogP contribution in [-0.2, 0) is 14.9 Å². The minimum Gasteiger partial charge on any atom is -0.377 e. The largest absolute Gasteiger partial charge is 0.377 e. The molecule has 20 heavy (non-hydrogen) atoms. The highest BCUT2D eigenvalue weighted by Crippen LogP contribution is 2.51. The number of hydrogen-bond acceptors (Lipinski definition) is 2. The van der Waals surface area contributed by atoms with Crippen molar-refractivity contribution in [3.63, 3.8) is 0 Å². The van der Waals surface area contributed by atoms with Crippen molar-refractivity contribution >= 4 is 5.91 Å². The van der Waals surface area contributed by atoms with Gasteiger partial charge in [-0.05, 0) is 42.5 Å². The first kappa shape index (κ1) is 13.6. The fourth-order valence-corrected chi connectivity index (χ4v) is 3.78. The Labute approximate surface area is 118 Å². The molecule has 1 aliphatic carbocycles. The van der Waals surface area contributed by atoms with E-state index in [1.807, 2.05) is 11.0 Å². The standard InChI is InChI=1S/C16H20FNO2/c1-11(19)18-7-5-16(6-8-18)10-15(20-2)13-4-3-12(17)9-14(13)16/h3-4,9,15H,5-8,10H2,1-2H3. The summed E-state index contributed by atoms with van der Waals surface area (Å²) < 4.78 is 19.2. The van der Waals surface area contributed by atoms with Gasteiger partial charge in [0, 0.05) is 32.5 Å². The second kappa shape index (κ2) is 4.85. The highest BCUT2D eigenvalue weighted by atomic mass is 19.1. The lowest BCUT2D eigenvalue weighted by Gasteiger charge is -2.40. The second-order valence-electron chi connectivity index (χ2n) is 5.95. The van der Waals surface area contributed by atoms with E-state index in [9.17, 15) is 9.18 Å². The molecule has 3 nitrogen and oxygen atoms in total. The molecule has 108 valence electrons. The maximum Gasteiger partial charge on any atom is 0.219 e. The van der Waals surface area contributed by atoms with E-state index in [1.54, 1.807) is 20.1 Å². The van der Waals surface area contributed by atoms with Crippen LogP contribution in [0.4, 0.5) is 4.39 Å². The van der Waals surface area contributed by atoms with Crippen LogP contribution in [-0.4, -0.2) is 31.0 Å². The minimum absolute atomic E-state index is 0.0237. The third-order valence-corrected chi connectivity index (χ3v) is 4.96. The third kappa shape index (κ3) is 2.03. The van der Waals surface area contributed by atoms with Crippen molar-refractivity contribution in [1.29, 1.82) is 0 Å². The Morgan fingerprint density at radius 1 is 1.40 bits per heavy atom. The second-order valence-corrected chi connectivity index (χ2v) is 5.95. The summed E-state index contributed by atoms with van der Waals surface area (Å²) >= 11 is 0. The zero-order valence-corrected chi connectivity index (χ0v) is 12.0. The van der Waals surface area contributed by atoms with Gasteiger partial charge in [0.05, 0.1) is 6.10 Å². The Morgan fingerprint density at radius 2 is 2.10 bits per heavy atom. The molecule has 3 rings (SSSR count). The predicted molar refractivity (Wildman–Crippen MR) is 73.9 cm³/mol. The number of nitrogens with zero attached hydrogens (tertiary/aromatic N) is 1. The van der Waals surface area contributed by atoms with Gasteiger partial charge in [0.15, 0.2) is 0 Å². The third-order valence-electron chi connectivity index (χ3n) is 4.96. The first-order valence-corrected chi connectivity index (χ1v) is 7.14. The van der Waals surface area contributed by atoms with E-state index in [4.69, 9.17) is 4.74 Å². The van der Waals surface area contributed by atoms with Crippen molar-refractivity contribution in [3.05, 3.63) is 35.1 Å². The van der Waals surface area contributed by atoms with Crippen molar-refractivity contribution in [2.75, 3.05) is 20.2 Å². The number of rotatable bonds is 1. The number of benzene rings is 1. The number of carbonyl (C=O) groups excluding carboxylic acids is 1. The molecule has 0 bridgehead atoms. The number of ether oxygens (including phenoxy) is 1. The normalized spacial score (nSPS) is 23.9. The lowest BCUT2D eigenvalue weighted by Crippen LogP contribution is -2.43. The number of amides is 1. The van der Waals surface area contributed by atoms with Crippen LogP contribution in [0.5, 0.6) is 0 Å². The zero-order valence-electron chi connectivity index (χ0n) is 12.0. The summed E-state index contributed by atoms with van der Waals surface area (Å²) in [5, 5.41) is 0. The molecule has 0 aromatic heterocycles. The van der Waals surface area contributed by atoms with Crippen molar-refractivity contribution in [3.8, 4) is 0 Å². The Bertz CT molecular complexity index is 535. The van der Waals surface area contributed by atoms with Crippen LogP contribution in [0, 0.1) is 5.82 Å². The molecule has 1 amide bonds. The van der Waals surface area contributed by atoms with Gasteiger partial charge < -0.3 is 9.64 Å². The van der Waals surface area contributed by atoms with E-state index in [2.05, 4.69) is 0 Å². The monoisotopic (exact) mass is 277 g/mol. The summed E-state index contributed by atoms with van der Waals surface area (Å²) in [6, 6.07) is 5.03. The van der Waals surface area contributed by atoms with Gasteiger partial charge in [-0.2, -0.15) is 0 Å². The van der Waals surface area contributed by atoms with Gasteiger partial charge in [0.2, 0.25) is 5.91 Å². The maximum absolute atomic E-state index is 13.6. The summed E-state index contributed by atoms with van der Waals surface area (Å²) in [5.41, 5.74) is 2.18. The first-order chi connectivity index (χ1) is 9.55. The lowest BCUT2D eigenvalue weighted by molar-refractivity contribution is -0.130.